The molecule has 0 aromatic carbocycles. The van der Waals surface area contributed by atoms with Crippen molar-refractivity contribution in [3.63, 3.8) is 0 Å². The number of H-pyrrole nitrogens is 1. The van der Waals surface area contributed by atoms with Crippen LogP contribution in [0.25, 0.3) is 11.3 Å². The Bertz CT molecular complexity index is 960. The van der Waals surface area contributed by atoms with Gasteiger partial charge < -0.3 is 15.0 Å². The molecule has 2 N–H and O–H groups in total. The number of nitrogens with zero attached hydrogens (tertiary/aromatic N) is 2. The van der Waals surface area contributed by atoms with Crippen LogP contribution in [0.4, 0.5) is 5.82 Å². The maximum atomic E-state index is 12.9. The number of carbonyl (C=O) groups is 1. The molecule has 6 heteroatoms. The van der Waals surface area contributed by atoms with E-state index in [-0.39, 0.29) is 5.91 Å². The Morgan fingerprint density at radius 1 is 1.23 bits per heavy atom. The van der Waals surface area contributed by atoms with Crippen LogP contribution in [0.2, 0.25) is 0 Å². The van der Waals surface area contributed by atoms with Crippen LogP contribution >= 0.6 is 0 Å². The zero-order valence-electron chi connectivity index (χ0n) is 14.8. The Hall–Kier alpha value is -3.15. The first-order chi connectivity index (χ1) is 12.7. The molecule has 0 radical (unpaired) electrons. The molecule has 26 heavy (non-hydrogen) atoms. The standard InChI is InChI=1S/C20H20N4O2/c1-12-8-13-4-3-5-16-18(19(13)23-9-12)15(11-21-16)20(25)24-17-7-6-14(26-2)10-22-17/h6-11,21H,3-5H2,1-2H3,(H,22,24,25). The van der Waals surface area contributed by atoms with E-state index in [4.69, 9.17) is 4.74 Å². The van der Waals surface area contributed by atoms with Crippen molar-refractivity contribution >= 4 is 11.7 Å². The number of aromatic amines is 1. The van der Waals surface area contributed by atoms with E-state index < -0.39 is 0 Å². The van der Waals surface area contributed by atoms with E-state index in [0.717, 1.165) is 41.8 Å². The van der Waals surface area contributed by atoms with Crippen molar-refractivity contribution < 1.29 is 9.53 Å². The zero-order valence-corrected chi connectivity index (χ0v) is 14.8. The summed E-state index contributed by atoms with van der Waals surface area (Å²) in [7, 11) is 1.58. The third-order valence-electron chi connectivity index (χ3n) is 4.63. The lowest BCUT2D eigenvalue weighted by molar-refractivity contribution is 0.102. The van der Waals surface area contributed by atoms with Crippen LogP contribution in [0, 0.1) is 6.92 Å². The number of anilines is 1. The number of carbonyl (C=O) groups excluding carboxylic acids is 1. The smallest absolute Gasteiger partial charge is 0.259 e. The highest BCUT2D eigenvalue weighted by molar-refractivity contribution is 6.08. The van der Waals surface area contributed by atoms with E-state index in [9.17, 15) is 4.79 Å². The maximum absolute atomic E-state index is 12.9. The van der Waals surface area contributed by atoms with Gasteiger partial charge in [0.05, 0.1) is 24.6 Å². The average molecular weight is 348 g/mol. The molecule has 0 unspecified atom stereocenters. The van der Waals surface area contributed by atoms with Crippen molar-refractivity contribution in [1.82, 2.24) is 15.0 Å². The van der Waals surface area contributed by atoms with Crippen LogP contribution in [-0.2, 0) is 12.8 Å². The van der Waals surface area contributed by atoms with Crippen molar-refractivity contribution in [3.05, 3.63) is 59.2 Å². The summed E-state index contributed by atoms with van der Waals surface area (Å²) in [6.07, 6.45) is 8.10. The highest BCUT2D eigenvalue weighted by atomic mass is 16.5. The van der Waals surface area contributed by atoms with Gasteiger partial charge in [0.15, 0.2) is 0 Å². The highest BCUT2D eigenvalue weighted by Crippen LogP contribution is 2.34. The Balaban J connectivity index is 1.69. The van der Waals surface area contributed by atoms with E-state index in [1.807, 2.05) is 13.1 Å². The molecule has 1 amide bonds. The normalized spacial score (nSPS) is 12.7. The lowest BCUT2D eigenvalue weighted by Crippen LogP contribution is -2.13. The van der Waals surface area contributed by atoms with Crippen molar-refractivity contribution in [2.75, 3.05) is 12.4 Å². The lowest BCUT2D eigenvalue weighted by Gasteiger charge is -2.10. The molecule has 0 saturated carbocycles. The second-order valence-corrected chi connectivity index (χ2v) is 6.47. The van der Waals surface area contributed by atoms with E-state index in [1.54, 1.807) is 31.6 Å². The second kappa shape index (κ2) is 6.63. The zero-order chi connectivity index (χ0) is 18.1. The Morgan fingerprint density at radius 3 is 2.88 bits per heavy atom. The van der Waals surface area contributed by atoms with Gasteiger partial charge in [0, 0.05) is 23.7 Å². The van der Waals surface area contributed by atoms with Crippen molar-refractivity contribution in [2.45, 2.75) is 26.2 Å². The molecule has 3 aromatic rings. The van der Waals surface area contributed by atoms with Gasteiger partial charge in [0.25, 0.3) is 5.91 Å². The van der Waals surface area contributed by atoms with Crippen LogP contribution in [0.5, 0.6) is 5.75 Å². The summed E-state index contributed by atoms with van der Waals surface area (Å²) in [6, 6.07) is 5.65. The predicted molar refractivity (Wildman–Crippen MR) is 99.5 cm³/mol. The fourth-order valence-corrected chi connectivity index (χ4v) is 3.37. The Kier molecular flexibility index (Phi) is 4.16. The topological polar surface area (TPSA) is 79.9 Å². The summed E-state index contributed by atoms with van der Waals surface area (Å²) in [6.45, 7) is 2.04. The number of rotatable bonds is 3. The number of hydrogen-bond acceptors (Lipinski definition) is 4. The first-order valence-electron chi connectivity index (χ1n) is 8.63. The number of nitrogens with one attached hydrogen (secondary N) is 2. The third-order valence-corrected chi connectivity index (χ3v) is 4.63. The summed E-state index contributed by atoms with van der Waals surface area (Å²) in [5.74, 6) is 0.930. The summed E-state index contributed by atoms with van der Waals surface area (Å²) in [5, 5.41) is 2.85. The van der Waals surface area contributed by atoms with E-state index in [0.29, 0.717) is 17.1 Å². The minimum atomic E-state index is -0.199. The number of ether oxygens (including phenoxy) is 1. The second-order valence-electron chi connectivity index (χ2n) is 6.47. The summed E-state index contributed by atoms with van der Waals surface area (Å²) >= 11 is 0. The largest absolute Gasteiger partial charge is 0.495 e. The molecule has 0 bridgehead atoms. The van der Waals surface area contributed by atoms with E-state index in [1.165, 1.54) is 5.56 Å². The molecular formula is C20H20N4O2. The summed E-state index contributed by atoms with van der Waals surface area (Å²) in [5.41, 5.74) is 5.79. The van der Waals surface area contributed by atoms with Gasteiger partial charge in [-0.15, -0.1) is 0 Å². The minimum absolute atomic E-state index is 0.199. The molecule has 132 valence electrons. The van der Waals surface area contributed by atoms with Gasteiger partial charge in [-0.25, -0.2) is 4.98 Å². The number of amides is 1. The first kappa shape index (κ1) is 16.3. The van der Waals surface area contributed by atoms with Gasteiger partial charge in [-0.1, -0.05) is 6.07 Å². The van der Waals surface area contributed by atoms with Gasteiger partial charge >= 0.3 is 0 Å². The van der Waals surface area contributed by atoms with Gasteiger partial charge in [-0.3, -0.25) is 9.78 Å². The summed E-state index contributed by atoms with van der Waals surface area (Å²) in [4.78, 5) is 25.0. The van der Waals surface area contributed by atoms with Gasteiger partial charge in [-0.2, -0.15) is 0 Å². The molecule has 0 aliphatic heterocycles. The minimum Gasteiger partial charge on any atom is -0.495 e. The molecule has 3 aromatic heterocycles. The number of hydrogen-bond donors (Lipinski definition) is 2. The molecule has 0 atom stereocenters. The number of aryl methyl sites for hydroxylation is 3. The van der Waals surface area contributed by atoms with Crippen LogP contribution in [0.3, 0.4) is 0 Å². The maximum Gasteiger partial charge on any atom is 0.259 e. The van der Waals surface area contributed by atoms with Gasteiger partial charge in [0.1, 0.15) is 11.6 Å². The van der Waals surface area contributed by atoms with Gasteiger partial charge in [-0.05, 0) is 49.4 Å². The first-order valence-corrected chi connectivity index (χ1v) is 8.63. The quantitative estimate of drug-likeness (QED) is 0.759. The molecule has 1 aliphatic carbocycles. The number of aromatic nitrogens is 3. The number of fused-ring (bicyclic) bond motifs is 3. The molecule has 0 spiro atoms. The third kappa shape index (κ3) is 2.94. The molecule has 0 fully saturated rings. The SMILES string of the molecule is COc1ccc(NC(=O)c2c[nH]c3c2-c2ncc(C)cc2CCC3)nc1. The Morgan fingerprint density at radius 2 is 2.12 bits per heavy atom. The molecule has 4 rings (SSSR count). The average Bonchev–Trinajstić information content (AvgIpc) is 2.98. The van der Waals surface area contributed by atoms with Crippen LogP contribution in [0.1, 0.15) is 33.6 Å². The van der Waals surface area contributed by atoms with E-state index in [2.05, 4.69) is 26.3 Å². The van der Waals surface area contributed by atoms with Crippen molar-refractivity contribution in [2.24, 2.45) is 0 Å². The van der Waals surface area contributed by atoms with Gasteiger partial charge in [0.2, 0.25) is 0 Å². The summed E-state index contributed by atoms with van der Waals surface area (Å²) < 4.78 is 5.09. The van der Waals surface area contributed by atoms with Crippen molar-refractivity contribution in [1.29, 1.82) is 0 Å². The van der Waals surface area contributed by atoms with Crippen LogP contribution in [0.15, 0.2) is 36.8 Å². The fraction of sp³-hybridized carbons (Fsp3) is 0.250. The molecule has 1 aliphatic rings. The Labute approximate surface area is 151 Å². The number of methoxy groups -OCH3 is 1. The van der Waals surface area contributed by atoms with E-state index >= 15 is 0 Å². The lowest BCUT2D eigenvalue weighted by atomic mass is 10.0. The molecule has 6 nitrogen and oxygen atoms in total. The molecule has 0 saturated heterocycles. The predicted octanol–water partition coefficient (Wildman–Crippen LogP) is 3.53. The number of pyridine rings is 2. The van der Waals surface area contributed by atoms with Crippen LogP contribution < -0.4 is 10.1 Å². The fourth-order valence-electron chi connectivity index (χ4n) is 3.37. The highest BCUT2D eigenvalue weighted by Gasteiger charge is 2.24. The molecule has 3 heterocycles. The monoisotopic (exact) mass is 348 g/mol. The van der Waals surface area contributed by atoms with Crippen molar-refractivity contribution in [3.8, 4) is 17.0 Å². The molecular weight excluding hydrogens is 328 g/mol. The van der Waals surface area contributed by atoms with Crippen LogP contribution in [-0.4, -0.2) is 28.0 Å².